The molecule has 0 atom stereocenters. The van der Waals surface area contributed by atoms with Crippen molar-refractivity contribution < 1.29 is 4.79 Å². The highest BCUT2D eigenvalue weighted by atomic mass is 79.9. The van der Waals surface area contributed by atoms with E-state index in [4.69, 9.17) is 0 Å². The van der Waals surface area contributed by atoms with Crippen LogP contribution in [0.15, 0.2) is 0 Å². The van der Waals surface area contributed by atoms with Crippen molar-refractivity contribution in [1.29, 1.82) is 0 Å². The molecule has 122 valence electrons. The van der Waals surface area contributed by atoms with Gasteiger partial charge in [0.15, 0.2) is 0 Å². The minimum atomic E-state index is 0.247. The van der Waals surface area contributed by atoms with Crippen LogP contribution in [0.2, 0.25) is 0 Å². The maximum atomic E-state index is 11.9. The molecule has 0 aromatic carbocycles. The third-order valence-electron chi connectivity index (χ3n) is 4.60. The molecule has 0 radical (unpaired) electrons. The second kappa shape index (κ2) is 7.73. The molecule has 0 spiro atoms. The Labute approximate surface area is 144 Å². The van der Waals surface area contributed by atoms with Gasteiger partial charge in [-0.05, 0) is 12.8 Å². The second-order valence-corrected chi connectivity index (χ2v) is 7.85. The molecule has 1 saturated heterocycles. The molecule has 7 heteroatoms. The summed E-state index contributed by atoms with van der Waals surface area (Å²) >= 11 is 5.09. The maximum Gasteiger partial charge on any atom is 0.223 e. The Hall–Kier alpha value is -0.690. The standard InChI is InChI=1S/C15H23BrN4OS/c16-7-6-13(21)19-8-10-20(11-9-19)15-18-17-14(22-15)12-4-2-1-3-5-12/h12H,1-11H2. The fourth-order valence-corrected chi connectivity index (χ4v) is 4.66. The summed E-state index contributed by atoms with van der Waals surface area (Å²) in [6.45, 7) is 3.33. The van der Waals surface area contributed by atoms with Gasteiger partial charge in [0.25, 0.3) is 0 Å². The molecule has 5 nitrogen and oxygen atoms in total. The topological polar surface area (TPSA) is 49.3 Å². The summed E-state index contributed by atoms with van der Waals surface area (Å²) in [5.74, 6) is 0.874. The normalized spacial score (nSPS) is 20.4. The molecule has 0 bridgehead atoms. The molecule has 3 rings (SSSR count). The van der Waals surface area contributed by atoms with Gasteiger partial charge in [-0.15, -0.1) is 10.2 Å². The van der Waals surface area contributed by atoms with E-state index in [1.54, 1.807) is 11.3 Å². The number of halogens is 1. The van der Waals surface area contributed by atoms with Crippen molar-refractivity contribution in [3.63, 3.8) is 0 Å². The fourth-order valence-electron chi connectivity index (χ4n) is 3.25. The van der Waals surface area contributed by atoms with E-state index in [0.717, 1.165) is 36.6 Å². The number of rotatable bonds is 4. The van der Waals surface area contributed by atoms with Gasteiger partial charge in [-0.2, -0.15) is 0 Å². The molecule has 2 heterocycles. The minimum absolute atomic E-state index is 0.247. The number of piperazine rings is 1. The van der Waals surface area contributed by atoms with Crippen LogP contribution < -0.4 is 4.90 Å². The predicted molar refractivity (Wildman–Crippen MR) is 92.9 cm³/mol. The summed E-state index contributed by atoms with van der Waals surface area (Å²) in [4.78, 5) is 16.1. The van der Waals surface area contributed by atoms with Gasteiger partial charge in [-0.25, -0.2) is 0 Å². The lowest BCUT2D eigenvalue weighted by Crippen LogP contribution is -2.48. The van der Waals surface area contributed by atoms with Gasteiger partial charge >= 0.3 is 0 Å². The van der Waals surface area contributed by atoms with Crippen molar-refractivity contribution in [3.05, 3.63) is 5.01 Å². The van der Waals surface area contributed by atoms with Crippen LogP contribution in [0.1, 0.15) is 49.5 Å². The lowest BCUT2D eigenvalue weighted by atomic mass is 9.90. The molecule has 1 amide bonds. The fraction of sp³-hybridized carbons (Fsp3) is 0.800. The van der Waals surface area contributed by atoms with Crippen molar-refractivity contribution in [1.82, 2.24) is 15.1 Å². The van der Waals surface area contributed by atoms with Crippen molar-refractivity contribution in [2.75, 3.05) is 36.4 Å². The van der Waals surface area contributed by atoms with Crippen LogP contribution in [0.25, 0.3) is 0 Å². The van der Waals surface area contributed by atoms with E-state index in [9.17, 15) is 4.79 Å². The number of aromatic nitrogens is 2. The van der Waals surface area contributed by atoms with Crippen molar-refractivity contribution in [3.8, 4) is 0 Å². The number of anilines is 1. The summed E-state index contributed by atoms with van der Waals surface area (Å²) in [5.41, 5.74) is 0. The van der Waals surface area contributed by atoms with Crippen LogP contribution in [0.5, 0.6) is 0 Å². The highest BCUT2D eigenvalue weighted by Gasteiger charge is 2.25. The van der Waals surface area contributed by atoms with Gasteiger partial charge in [0.05, 0.1) is 0 Å². The van der Waals surface area contributed by atoms with E-state index in [2.05, 4.69) is 31.0 Å². The Morgan fingerprint density at radius 3 is 2.55 bits per heavy atom. The molecule has 2 fully saturated rings. The molecule has 1 aliphatic heterocycles. The van der Waals surface area contributed by atoms with Gasteiger partial charge in [-0.1, -0.05) is 46.5 Å². The van der Waals surface area contributed by atoms with E-state index in [1.807, 2.05) is 4.90 Å². The smallest absolute Gasteiger partial charge is 0.223 e. The van der Waals surface area contributed by atoms with Crippen LogP contribution in [0.3, 0.4) is 0 Å². The molecule has 0 N–H and O–H groups in total. The lowest BCUT2D eigenvalue weighted by Gasteiger charge is -2.34. The van der Waals surface area contributed by atoms with E-state index in [1.165, 1.54) is 37.1 Å². The SMILES string of the molecule is O=C(CCBr)N1CCN(c2nnc(C3CCCCC3)s2)CC1. The minimum Gasteiger partial charge on any atom is -0.343 e. The van der Waals surface area contributed by atoms with Crippen molar-refractivity contribution in [2.45, 2.75) is 44.4 Å². The first kappa shape index (κ1) is 16.2. The average molecular weight is 387 g/mol. The molecular formula is C15H23BrN4OS. The molecular weight excluding hydrogens is 364 g/mol. The van der Waals surface area contributed by atoms with Crippen LogP contribution in [-0.2, 0) is 4.79 Å². The second-order valence-electron chi connectivity index (χ2n) is 6.06. The van der Waals surface area contributed by atoms with E-state index < -0.39 is 0 Å². The molecule has 22 heavy (non-hydrogen) atoms. The van der Waals surface area contributed by atoms with Gasteiger partial charge in [0, 0.05) is 43.8 Å². The number of alkyl halides is 1. The van der Waals surface area contributed by atoms with Gasteiger partial charge < -0.3 is 9.80 Å². The van der Waals surface area contributed by atoms with E-state index in [-0.39, 0.29) is 5.91 Å². The number of nitrogens with zero attached hydrogens (tertiary/aromatic N) is 4. The van der Waals surface area contributed by atoms with Crippen LogP contribution in [-0.4, -0.2) is 52.5 Å². The van der Waals surface area contributed by atoms with Crippen LogP contribution in [0.4, 0.5) is 5.13 Å². The highest BCUT2D eigenvalue weighted by molar-refractivity contribution is 9.09. The van der Waals surface area contributed by atoms with Gasteiger partial charge in [0.1, 0.15) is 5.01 Å². The Bertz CT molecular complexity index is 495. The first-order valence-corrected chi connectivity index (χ1v) is 10.1. The zero-order chi connectivity index (χ0) is 15.4. The van der Waals surface area contributed by atoms with Crippen molar-refractivity contribution in [2.24, 2.45) is 0 Å². The van der Waals surface area contributed by atoms with Crippen molar-refractivity contribution >= 4 is 38.3 Å². The first-order chi connectivity index (χ1) is 10.8. The summed E-state index contributed by atoms with van der Waals surface area (Å²) in [5, 5.41) is 11.8. The van der Waals surface area contributed by atoms with Gasteiger partial charge in [-0.3, -0.25) is 4.79 Å². The summed E-state index contributed by atoms with van der Waals surface area (Å²) in [6.07, 6.45) is 7.14. The molecule has 1 aromatic rings. The third-order valence-corrected chi connectivity index (χ3v) is 6.14. The van der Waals surface area contributed by atoms with Gasteiger partial charge in [0.2, 0.25) is 11.0 Å². The third kappa shape index (κ3) is 3.79. The average Bonchev–Trinajstić information content (AvgIpc) is 3.06. The predicted octanol–water partition coefficient (Wildman–Crippen LogP) is 3.02. The lowest BCUT2D eigenvalue weighted by molar-refractivity contribution is -0.131. The Balaban J connectivity index is 1.55. The number of carbonyl (C=O) groups excluding carboxylic acids is 1. The Kier molecular flexibility index (Phi) is 5.68. The first-order valence-electron chi connectivity index (χ1n) is 8.20. The zero-order valence-corrected chi connectivity index (χ0v) is 15.2. The molecule has 1 aliphatic carbocycles. The number of hydrogen-bond donors (Lipinski definition) is 0. The largest absolute Gasteiger partial charge is 0.343 e. The highest BCUT2D eigenvalue weighted by Crippen LogP contribution is 2.36. The molecule has 2 aliphatic rings. The number of hydrogen-bond acceptors (Lipinski definition) is 5. The van der Waals surface area contributed by atoms with E-state index >= 15 is 0 Å². The number of carbonyl (C=O) groups is 1. The molecule has 0 unspecified atom stereocenters. The quantitative estimate of drug-likeness (QED) is 0.746. The molecule has 1 saturated carbocycles. The zero-order valence-electron chi connectivity index (χ0n) is 12.8. The Morgan fingerprint density at radius 1 is 1.14 bits per heavy atom. The summed E-state index contributed by atoms with van der Waals surface area (Å²) in [6, 6.07) is 0. The monoisotopic (exact) mass is 386 g/mol. The summed E-state index contributed by atoms with van der Waals surface area (Å²) < 4.78 is 0. The van der Waals surface area contributed by atoms with Crippen LogP contribution in [0, 0.1) is 0 Å². The maximum absolute atomic E-state index is 11.9. The summed E-state index contributed by atoms with van der Waals surface area (Å²) in [7, 11) is 0. The number of amides is 1. The molecule has 1 aromatic heterocycles. The van der Waals surface area contributed by atoms with E-state index in [0.29, 0.717) is 12.3 Å². The Morgan fingerprint density at radius 2 is 1.86 bits per heavy atom. The van der Waals surface area contributed by atoms with Crippen LogP contribution >= 0.6 is 27.3 Å².